The van der Waals surface area contributed by atoms with Crippen LogP contribution in [0.1, 0.15) is 0 Å². The van der Waals surface area contributed by atoms with Crippen LogP contribution >= 0.6 is 22.7 Å². The molecule has 0 saturated heterocycles. The molecule has 4 heterocycles. The molecule has 0 bridgehead atoms. The Morgan fingerprint density at radius 1 is 0.341 bits per heavy atom. The maximum Gasteiger partial charge on any atom is 0.143 e. The molecule has 44 heavy (non-hydrogen) atoms. The van der Waals surface area contributed by atoms with E-state index >= 15 is 0 Å². The van der Waals surface area contributed by atoms with Crippen LogP contribution in [-0.2, 0) is 0 Å². The molecule has 6 heteroatoms. The number of hydrogen-bond donors (Lipinski definition) is 0. The van der Waals surface area contributed by atoms with Gasteiger partial charge < -0.3 is 0 Å². The first-order chi connectivity index (χ1) is 21.8. The van der Waals surface area contributed by atoms with Crippen molar-refractivity contribution >= 4 is 63.5 Å². The third-order valence-corrected chi connectivity index (χ3v) is 10.1. The Hall–Kier alpha value is -5.30. The second kappa shape index (κ2) is 10.2. The predicted octanol–water partition coefficient (Wildman–Crippen LogP) is 10.7. The Labute approximate surface area is 261 Å². The molecule has 4 aromatic heterocycles. The van der Waals surface area contributed by atoms with Crippen molar-refractivity contribution in [3.63, 3.8) is 0 Å². The van der Waals surface area contributed by atoms with E-state index in [-0.39, 0.29) is 0 Å². The normalized spacial score (nSPS) is 11.6. The Morgan fingerprint density at radius 3 is 1.18 bits per heavy atom. The third kappa shape index (κ3) is 4.03. The second-order valence-corrected chi connectivity index (χ2v) is 12.7. The summed E-state index contributed by atoms with van der Waals surface area (Å²) in [6.45, 7) is 0. The quantitative estimate of drug-likeness (QED) is 0.202. The predicted molar refractivity (Wildman–Crippen MR) is 185 cm³/mol. The third-order valence-electron chi connectivity index (χ3n) is 7.96. The molecule has 206 valence electrons. The molecule has 0 atom stereocenters. The number of hydrogen-bond acceptors (Lipinski definition) is 6. The zero-order chi connectivity index (χ0) is 29.0. The zero-order valence-electron chi connectivity index (χ0n) is 23.3. The first kappa shape index (κ1) is 25.2. The highest BCUT2D eigenvalue weighted by Gasteiger charge is 2.23. The Kier molecular flexibility index (Phi) is 5.82. The van der Waals surface area contributed by atoms with Crippen LogP contribution in [0.25, 0.3) is 85.9 Å². The van der Waals surface area contributed by atoms with Crippen molar-refractivity contribution in [3.05, 3.63) is 133 Å². The van der Waals surface area contributed by atoms with Gasteiger partial charge in [-0.05, 0) is 12.1 Å². The van der Waals surface area contributed by atoms with Crippen molar-refractivity contribution in [2.45, 2.75) is 0 Å². The molecule has 0 unspecified atom stereocenters. The lowest BCUT2D eigenvalue weighted by atomic mass is 9.95. The summed E-state index contributed by atoms with van der Waals surface area (Å²) >= 11 is 3.36. The van der Waals surface area contributed by atoms with E-state index in [0.29, 0.717) is 0 Å². The molecule has 9 aromatic rings. The molecule has 0 aliphatic heterocycles. The van der Waals surface area contributed by atoms with Crippen molar-refractivity contribution in [2.75, 3.05) is 0 Å². The summed E-state index contributed by atoms with van der Waals surface area (Å²) in [4.78, 5) is 23.2. The monoisotopic (exact) mass is 598 g/mol. The molecular formula is C38H22N4S2. The van der Waals surface area contributed by atoms with E-state index in [9.17, 15) is 0 Å². The average Bonchev–Trinajstić information content (AvgIpc) is 3.65. The molecule has 0 saturated carbocycles. The van der Waals surface area contributed by atoms with Crippen molar-refractivity contribution in [1.29, 1.82) is 0 Å². The molecule has 0 fully saturated rings. The summed E-state index contributed by atoms with van der Waals surface area (Å²) in [6.07, 6.45) is 0. The van der Waals surface area contributed by atoms with E-state index in [4.69, 9.17) is 19.9 Å². The highest BCUT2D eigenvalue weighted by molar-refractivity contribution is 7.25. The summed E-state index contributed by atoms with van der Waals surface area (Å²) in [6, 6.07) is 45.9. The van der Waals surface area contributed by atoms with E-state index in [1.165, 1.54) is 9.40 Å². The largest absolute Gasteiger partial charge is 0.242 e. The minimum absolute atomic E-state index is 0.836. The van der Waals surface area contributed by atoms with E-state index in [0.717, 1.165) is 76.5 Å². The molecule has 0 aliphatic carbocycles. The summed E-state index contributed by atoms with van der Waals surface area (Å²) in [5.41, 5.74) is 9.25. The molecule has 0 radical (unpaired) electrons. The minimum Gasteiger partial charge on any atom is -0.242 e. The number of benzene rings is 5. The highest BCUT2D eigenvalue weighted by atomic mass is 32.1. The number of aromatic nitrogens is 4. The van der Waals surface area contributed by atoms with Gasteiger partial charge in [0.25, 0.3) is 0 Å². The van der Waals surface area contributed by atoms with Gasteiger partial charge >= 0.3 is 0 Å². The Balaban J connectivity index is 1.36. The smallest absolute Gasteiger partial charge is 0.143 e. The van der Waals surface area contributed by atoms with Gasteiger partial charge in [0.2, 0.25) is 0 Å². The van der Waals surface area contributed by atoms with Gasteiger partial charge in [0.1, 0.15) is 20.7 Å². The summed E-state index contributed by atoms with van der Waals surface area (Å²) in [7, 11) is 0. The molecular weight excluding hydrogens is 577 g/mol. The van der Waals surface area contributed by atoms with Crippen LogP contribution < -0.4 is 0 Å². The molecule has 9 rings (SSSR count). The van der Waals surface area contributed by atoms with Crippen LogP contribution in [0, 0.1) is 0 Å². The van der Waals surface area contributed by atoms with Gasteiger partial charge in [-0.3, -0.25) is 0 Å². The summed E-state index contributed by atoms with van der Waals surface area (Å²) < 4.78 is 2.36. The van der Waals surface area contributed by atoms with Crippen molar-refractivity contribution < 1.29 is 0 Å². The highest BCUT2D eigenvalue weighted by Crippen LogP contribution is 2.43. The molecule has 4 nitrogen and oxygen atoms in total. The first-order valence-corrected chi connectivity index (χ1v) is 16.0. The van der Waals surface area contributed by atoms with E-state index in [1.807, 2.05) is 12.1 Å². The van der Waals surface area contributed by atoms with Crippen LogP contribution in [0.15, 0.2) is 133 Å². The Morgan fingerprint density at radius 2 is 0.727 bits per heavy atom. The van der Waals surface area contributed by atoms with Gasteiger partial charge in [0.15, 0.2) is 0 Å². The van der Waals surface area contributed by atoms with Crippen LogP contribution in [-0.4, -0.2) is 19.9 Å². The van der Waals surface area contributed by atoms with Crippen LogP contribution in [0.4, 0.5) is 0 Å². The van der Waals surface area contributed by atoms with Gasteiger partial charge in [-0.25, -0.2) is 19.9 Å². The lowest BCUT2D eigenvalue weighted by molar-refractivity contribution is 1.29. The van der Waals surface area contributed by atoms with Gasteiger partial charge in [0, 0.05) is 42.4 Å². The molecule has 0 amide bonds. The van der Waals surface area contributed by atoms with Crippen molar-refractivity contribution in [2.24, 2.45) is 0 Å². The van der Waals surface area contributed by atoms with Gasteiger partial charge in [-0.15, -0.1) is 22.7 Å². The molecule has 0 spiro atoms. The maximum absolute atomic E-state index is 5.36. The Bertz CT molecular complexity index is 2320. The maximum atomic E-state index is 5.36. The fraction of sp³-hybridized carbons (Fsp3) is 0. The van der Waals surface area contributed by atoms with Gasteiger partial charge in [-0.2, -0.15) is 0 Å². The lowest BCUT2D eigenvalue weighted by Gasteiger charge is -2.15. The van der Waals surface area contributed by atoms with Gasteiger partial charge in [0.05, 0.1) is 22.8 Å². The standard InChI is InChI=1S/C38H22N4S2/c1-3-13-23(14-4-1)31-33(41-37-35(39-31)27-19-9-11-21-29(27)43-37)25-17-7-8-18-26(25)34-32(24-15-5-2-6-16-24)40-36-28-20-10-12-22-30(28)44-38(36)42-34/h1-22H. The van der Waals surface area contributed by atoms with Crippen molar-refractivity contribution in [3.8, 4) is 45.0 Å². The fourth-order valence-corrected chi connectivity index (χ4v) is 7.95. The van der Waals surface area contributed by atoms with Gasteiger partial charge in [-0.1, -0.05) is 121 Å². The zero-order valence-corrected chi connectivity index (χ0v) is 24.9. The molecule has 0 aliphatic rings. The van der Waals surface area contributed by atoms with E-state index < -0.39 is 0 Å². The molecule has 0 N–H and O–H groups in total. The summed E-state index contributed by atoms with van der Waals surface area (Å²) in [5, 5.41) is 2.26. The van der Waals surface area contributed by atoms with Crippen LogP contribution in [0.5, 0.6) is 0 Å². The summed E-state index contributed by atoms with van der Waals surface area (Å²) in [5.74, 6) is 0. The van der Waals surface area contributed by atoms with Crippen LogP contribution in [0.3, 0.4) is 0 Å². The number of rotatable bonds is 4. The SMILES string of the molecule is c1ccc(-c2nc3c(nc2-c2ccccc2-c2nc4sc5ccccc5c4nc2-c2ccccc2)sc2ccccc23)cc1. The molecule has 5 aromatic carbocycles. The minimum atomic E-state index is 0.836. The second-order valence-electron chi connectivity index (χ2n) is 10.6. The first-order valence-electron chi connectivity index (χ1n) is 14.4. The lowest BCUT2D eigenvalue weighted by Crippen LogP contribution is -1.99. The van der Waals surface area contributed by atoms with E-state index in [1.54, 1.807) is 22.7 Å². The topological polar surface area (TPSA) is 51.6 Å². The number of fused-ring (bicyclic) bond motifs is 6. The van der Waals surface area contributed by atoms with Crippen LogP contribution in [0.2, 0.25) is 0 Å². The number of nitrogens with zero attached hydrogens (tertiary/aromatic N) is 4. The fourth-order valence-electron chi connectivity index (χ4n) is 5.91. The number of thiophene rings is 2. The van der Waals surface area contributed by atoms with Crippen molar-refractivity contribution in [1.82, 2.24) is 19.9 Å². The van der Waals surface area contributed by atoms with E-state index in [2.05, 4.69) is 121 Å². The average molecular weight is 599 g/mol.